The Balaban J connectivity index is 1.63. The van der Waals surface area contributed by atoms with Gasteiger partial charge in [0, 0.05) is 53.1 Å². The fourth-order valence-corrected chi connectivity index (χ4v) is 7.56. The van der Waals surface area contributed by atoms with Gasteiger partial charge in [-0.15, -0.1) is 0 Å². The maximum absolute atomic E-state index is 15.0. The normalized spacial score (nSPS) is 16.7. The molecular formula is C45H44O11. The van der Waals surface area contributed by atoms with E-state index in [1.807, 2.05) is 33.8 Å². The molecule has 1 heterocycles. The number of carbonyl (C=O) groups excluding carboxylic acids is 1. The fourth-order valence-electron chi connectivity index (χ4n) is 7.56. The third kappa shape index (κ3) is 7.40. The summed E-state index contributed by atoms with van der Waals surface area (Å²) in [6.07, 6.45) is 5.82. The first-order valence-electron chi connectivity index (χ1n) is 18.1. The highest BCUT2D eigenvalue weighted by atomic mass is 16.3. The van der Waals surface area contributed by atoms with Gasteiger partial charge in [-0.25, -0.2) is 0 Å². The van der Waals surface area contributed by atoms with E-state index >= 15 is 0 Å². The Hall–Kier alpha value is -6.62. The molecule has 1 aliphatic carbocycles. The second-order valence-corrected chi connectivity index (χ2v) is 14.9. The van der Waals surface area contributed by atoms with E-state index in [0.717, 1.165) is 35.4 Å². The Labute approximate surface area is 322 Å². The van der Waals surface area contributed by atoms with Crippen molar-refractivity contribution < 1.29 is 50.1 Å². The largest absolute Gasteiger partial charge is 0.508 e. The predicted octanol–water partition coefficient (Wildman–Crippen LogP) is 8.84. The molecule has 1 aromatic heterocycles. The number of carbonyl (C=O) groups is 1. The van der Waals surface area contributed by atoms with Gasteiger partial charge in [-0.05, 0) is 89.3 Å². The van der Waals surface area contributed by atoms with Gasteiger partial charge in [0.25, 0.3) is 0 Å². The first-order chi connectivity index (χ1) is 26.5. The fraction of sp³-hybridized carbons (Fsp3) is 0.244. The number of Topliss-reactive ketones (excluding diaryl/α,β-unsaturated/α-hetero) is 1. The van der Waals surface area contributed by atoms with Crippen molar-refractivity contribution in [2.75, 3.05) is 0 Å². The Morgan fingerprint density at radius 3 is 2.04 bits per heavy atom. The van der Waals surface area contributed by atoms with Crippen LogP contribution in [0.5, 0.6) is 46.0 Å². The van der Waals surface area contributed by atoms with Crippen LogP contribution in [0.25, 0.3) is 22.3 Å². The van der Waals surface area contributed by atoms with E-state index < -0.39 is 46.2 Å². The van der Waals surface area contributed by atoms with E-state index in [-0.39, 0.29) is 92.6 Å². The van der Waals surface area contributed by atoms with Crippen molar-refractivity contribution in [2.45, 2.75) is 65.7 Å². The van der Waals surface area contributed by atoms with Gasteiger partial charge < -0.3 is 45.3 Å². The smallest absolute Gasteiger partial charge is 0.200 e. The highest BCUT2D eigenvalue weighted by Crippen LogP contribution is 2.54. The molecule has 0 spiro atoms. The van der Waals surface area contributed by atoms with Crippen molar-refractivity contribution in [2.24, 2.45) is 5.92 Å². The lowest BCUT2D eigenvalue weighted by molar-refractivity contribution is 0.0876. The topological polar surface area (TPSA) is 209 Å². The summed E-state index contributed by atoms with van der Waals surface area (Å²) in [5, 5.41) is 87.4. The molecule has 11 heteroatoms. The SMILES string of the molecule is CC(C)=CCc1cc(C(=O)C2C(c3c(O)cc4oc(-c5ccc(O)cc5O)c(CC=C(C)C)c(=O)c4c3O)C=C(C)CC2c2ccc(O)cc2O)c(O)cc1O. The highest BCUT2D eigenvalue weighted by molar-refractivity contribution is 6.02. The van der Waals surface area contributed by atoms with E-state index in [1.54, 1.807) is 19.1 Å². The number of rotatable bonds is 9. The number of hydrogen-bond acceptors (Lipinski definition) is 11. The van der Waals surface area contributed by atoms with Crippen LogP contribution in [0.2, 0.25) is 0 Å². The molecule has 0 amide bonds. The van der Waals surface area contributed by atoms with E-state index in [2.05, 4.69) is 0 Å². The summed E-state index contributed by atoms with van der Waals surface area (Å²) in [7, 11) is 0. The van der Waals surface area contributed by atoms with Crippen LogP contribution in [-0.4, -0.2) is 46.6 Å². The number of ketones is 1. The zero-order valence-corrected chi connectivity index (χ0v) is 31.6. The summed E-state index contributed by atoms with van der Waals surface area (Å²) in [6.45, 7) is 9.21. The lowest BCUT2D eigenvalue weighted by Gasteiger charge is -2.37. The maximum Gasteiger partial charge on any atom is 0.200 e. The molecule has 6 rings (SSSR count). The molecule has 0 aliphatic heterocycles. The molecule has 0 saturated heterocycles. The summed E-state index contributed by atoms with van der Waals surface area (Å²) in [5.41, 5.74) is 2.14. The third-order valence-electron chi connectivity index (χ3n) is 10.3. The van der Waals surface area contributed by atoms with Gasteiger partial charge in [0.05, 0.1) is 11.1 Å². The number of allylic oxidation sites excluding steroid dienone is 6. The molecule has 290 valence electrons. The van der Waals surface area contributed by atoms with Gasteiger partial charge in [-0.1, -0.05) is 41.0 Å². The second-order valence-electron chi connectivity index (χ2n) is 14.9. The molecule has 5 aromatic rings. The van der Waals surface area contributed by atoms with E-state index in [1.165, 1.54) is 30.3 Å². The van der Waals surface area contributed by atoms with Crippen LogP contribution in [0.4, 0.5) is 0 Å². The number of benzene rings is 4. The Bertz CT molecular complexity index is 2550. The van der Waals surface area contributed by atoms with Crippen molar-refractivity contribution >= 4 is 16.8 Å². The lowest BCUT2D eigenvalue weighted by Crippen LogP contribution is -2.32. The lowest BCUT2D eigenvalue weighted by atomic mass is 9.65. The summed E-state index contributed by atoms with van der Waals surface area (Å²) in [5.74, 6) is -6.94. The summed E-state index contributed by atoms with van der Waals surface area (Å²) < 4.78 is 6.19. The Kier molecular flexibility index (Phi) is 10.6. The zero-order chi connectivity index (χ0) is 40.7. The van der Waals surface area contributed by atoms with E-state index in [4.69, 9.17) is 4.42 Å². The maximum atomic E-state index is 15.0. The van der Waals surface area contributed by atoms with Gasteiger partial charge >= 0.3 is 0 Å². The first kappa shape index (κ1) is 39.1. The number of fused-ring (bicyclic) bond motifs is 1. The van der Waals surface area contributed by atoms with Crippen LogP contribution in [0.15, 0.2) is 98.8 Å². The molecule has 8 N–H and O–H groups in total. The molecule has 0 fully saturated rings. The highest BCUT2D eigenvalue weighted by Gasteiger charge is 2.44. The third-order valence-corrected chi connectivity index (χ3v) is 10.3. The van der Waals surface area contributed by atoms with E-state index in [0.29, 0.717) is 11.1 Å². The summed E-state index contributed by atoms with van der Waals surface area (Å²) in [4.78, 5) is 29.5. The van der Waals surface area contributed by atoms with Crippen molar-refractivity contribution in [3.05, 3.63) is 128 Å². The van der Waals surface area contributed by atoms with Crippen LogP contribution in [0.3, 0.4) is 0 Å². The van der Waals surface area contributed by atoms with Gasteiger partial charge in [0.15, 0.2) is 5.78 Å². The van der Waals surface area contributed by atoms with Crippen molar-refractivity contribution in [1.29, 1.82) is 0 Å². The van der Waals surface area contributed by atoms with Crippen molar-refractivity contribution in [1.82, 2.24) is 0 Å². The predicted molar refractivity (Wildman–Crippen MR) is 212 cm³/mol. The molecule has 1 aliphatic rings. The van der Waals surface area contributed by atoms with Crippen molar-refractivity contribution in [3.63, 3.8) is 0 Å². The number of phenols is 8. The van der Waals surface area contributed by atoms with E-state index in [9.17, 15) is 50.4 Å². The van der Waals surface area contributed by atoms with Crippen LogP contribution < -0.4 is 5.43 Å². The molecule has 11 nitrogen and oxygen atoms in total. The standard InChI is InChI=1S/C45H44O11/c1-21(2)6-8-24-16-31(36(51)19-33(24)48)43(54)39-30(27-12-9-25(46)17-34(27)49)14-23(5)15-32(39)40-37(52)20-38-41(44(40)55)42(53)29(11-7-22(3)4)45(56-38)28-13-10-26(47)18-35(28)50/h6-7,9-10,12-13,15-20,30,32,39,46-52,55H,8,11,14H2,1-5H3. The van der Waals surface area contributed by atoms with Gasteiger partial charge in [0.2, 0.25) is 5.43 Å². The second kappa shape index (κ2) is 15.3. The van der Waals surface area contributed by atoms with Crippen LogP contribution >= 0.6 is 0 Å². The van der Waals surface area contributed by atoms with Crippen molar-refractivity contribution in [3.8, 4) is 57.3 Å². The Morgan fingerprint density at radius 1 is 0.750 bits per heavy atom. The Morgan fingerprint density at radius 2 is 1.39 bits per heavy atom. The van der Waals surface area contributed by atoms with Crippen LogP contribution in [0, 0.1) is 5.92 Å². The molecule has 0 radical (unpaired) electrons. The average Bonchev–Trinajstić information content (AvgIpc) is 3.10. The number of aromatic hydroxyl groups is 8. The summed E-state index contributed by atoms with van der Waals surface area (Å²) >= 11 is 0. The molecule has 56 heavy (non-hydrogen) atoms. The number of hydrogen-bond donors (Lipinski definition) is 8. The van der Waals surface area contributed by atoms with Gasteiger partial charge in [-0.3, -0.25) is 9.59 Å². The first-order valence-corrected chi connectivity index (χ1v) is 18.1. The molecule has 3 unspecified atom stereocenters. The summed E-state index contributed by atoms with van der Waals surface area (Å²) in [6, 6.07) is 11.4. The zero-order valence-electron chi connectivity index (χ0n) is 31.6. The molecule has 0 bridgehead atoms. The minimum Gasteiger partial charge on any atom is -0.508 e. The molecule has 3 atom stereocenters. The van der Waals surface area contributed by atoms with Crippen LogP contribution in [-0.2, 0) is 12.8 Å². The molecular weight excluding hydrogens is 716 g/mol. The minimum absolute atomic E-state index is 0.0346. The quantitative estimate of drug-likeness (QED) is 0.0526. The van der Waals surface area contributed by atoms with Gasteiger partial charge in [-0.2, -0.15) is 0 Å². The molecule has 0 saturated carbocycles. The monoisotopic (exact) mass is 760 g/mol. The number of phenolic OH excluding ortho intramolecular Hbond substituents is 8. The van der Waals surface area contributed by atoms with Gasteiger partial charge in [0.1, 0.15) is 62.7 Å². The average molecular weight is 761 g/mol. The minimum atomic E-state index is -1.24. The molecule has 4 aromatic carbocycles. The van der Waals surface area contributed by atoms with Crippen LogP contribution in [0.1, 0.15) is 85.5 Å².